The number of carbonyl (C=O) groups is 1. The summed E-state index contributed by atoms with van der Waals surface area (Å²) in [6, 6.07) is 13.7. The number of rotatable bonds is 2. The van der Waals surface area contributed by atoms with Crippen LogP contribution in [-0.4, -0.2) is 48.7 Å². The topological polar surface area (TPSA) is 42.0 Å². The fraction of sp³-hybridized carbons (Fsp3) is 0.286. The maximum Gasteiger partial charge on any atom is 0.409 e. The maximum absolute atomic E-state index is 12.0. The van der Waals surface area contributed by atoms with Crippen LogP contribution < -0.4 is 4.74 Å². The van der Waals surface area contributed by atoms with Crippen molar-refractivity contribution in [1.82, 2.24) is 9.80 Å². The highest BCUT2D eigenvalue weighted by Crippen LogP contribution is 2.41. The zero-order valence-electron chi connectivity index (χ0n) is 15.2. The van der Waals surface area contributed by atoms with Crippen molar-refractivity contribution in [3.05, 3.63) is 58.6 Å². The number of hydrogen-bond acceptors (Lipinski definition) is 4. The highest BCUT2D eigenvalue weighted by atomic mass is 35.5. The Kier molecular flexibility index (Phi) is 4.94. The molecule has 27 heavy (non-hydrogen) atoms. The third-order valence-electron chi connectivity index (χ3n) is 4.82. The van der Waals surface area contributed by atoms with Crippen molar-refractivity contribution in [3.63, 3.8) is 0 Å². The van der Waals surface area contributed by atoms with E-state index in [9.17, 15) is 4.79 Å². The Morgan fingerprint density at radius 1 is 1.07 bits per heavy atom. The summed E-state index contributed by atoms with van der Waals surface area (Å²) in [7, 11) is 0. The molecule has 6 heteroatoms. The predicted molar refractivity (Wildman–Crippen MR) is 106 cm³/mol. The van der Waals surface area contributed by atoms with Crippen LogP contribution in [0.1, 0.15) is 18.1 Å². The molecule has 1 fully saturated rings. The highest BCUT2D eigenvalue weighted by molar-refractivity contribution is 6.32. The third-order valence-corrected chi connectivity index (χ3v) is 5.15. The van der Waals surface area contributed by atoms with Gasteiger partial charge in [0.1, 0.15) is 11.5 Å². The quantitative estimate of drug-likeness (QED) is 0.751. The number of carbonyl (C=O) groups excluding carboxylic acids is 1. The molecule has 0 radical (unpaired) electrons. The van der Waals surface area contributed by atoms with Gasteiger partial charge in [-0.05, 0) is 37.3 Å². The number of amides is 1. The zero-order valence-corrected chi connectivity index (χ0v) is 15.9. The van der Waals surface area contributed by atoms with Crippen LogP contribution in [0.2, 0.25) is 5.02 Å². The minimum atomic E-state index is -0.246. The largest absolute Gasteiger partial charge is 0.456 e. The molecule has 0 unspecified atom stereocenters. The van der Waals surface area contributed by atoms with Gasteiger partial charge in [-0.2, -0.15) is 0 Å². The van der Waals surface area contributed by atoms with Gasteiger partial charge < -0.3 is 19.3 Å². The van der Waals surface area contributed by atoms with E-state index in [2.05, 4.69) is 17.0 Å². The fourth-order valence-electron chi connectivity index (χ4n) is 3.45. The summed E-state index contributed by atoms with van der Waals surface area (Å²) in [4.78, 5) is 16.0. The SMILES string of the molecule is CCOC(=O)N1CCN(C2=Cc3c(Cl)cccc3Oc3ccccc32)CC1. The summed E-state index contributed by atoms with van der Waals surface area (Å²) in [6.07, 6.45) is 1.84. The minimum Gasteiger partial charge on any atom is -0.456 e. The lowest BCUT2D eigenvalue weighted by Gasteiger charge is -2.36. The fourth-order valence-corrected chi connectivity index (χ4v) is 3.67. The molecule has 2 aliphatic heterocycles. The molecule has 5 nitrogen and oxygen atoms in total. The Morgan fingerprint density at radius 3 is 2.59 bits per heavy atom. The van der Waals surface area contributed by atoms with E-state index in [4.69, 9.17) is 21.1 Å². The summed E-state index contributed by atoms with van der Waals surface area (Å²) in [5.74, 6) is 1.55. The van der Waals surface area contributed by atoms with Gasteiger partial charge >= 0.3 is 6.09 Å². The van der Waals surface area contributed by atoms with Crippen molar-refractivity contribution in [3.8, 4) is 11.5 Å². The Hall–Kier alpha value is -2.66. The minimum absolute atomic E-state index is 0.246. The molecule has 2 aromatic rings. The third kappa shape index (κ3) is 3.47. The van der Waals surface area contributed by atoms with E-state index in [-0.39, 0.29) is 6.09 Å². The number of hydrogen-bond donors (Lipinski definition) is 0. The molecule has 1 amide bonds. The zero-order chi connectivity index (χ0) is 18.8. The van der Waals surface area contributed by atoms with Gasteiger partial charge in [0.15, 0.2) is 0 Å². The lowest BCUT2D eigenvalue weighted by molar-refractivity contribution is 0.0907. The molecule has 0 spiro atoms. The standard InChI is InChI=1S/C21H21ClN2O3/c1-2-26-21(25)24-12-10-23(11-13-24)18-14-16-17(22)7-5-9-20(16)27-19-8-4-3-6-15(18)19/h3-9,14H,2,10-13H2,1H3. The van der Waals surface area contributed by atoms with Crippen molar-refractivity contribution in [2.24, 2.45) is 0 Å². The number of para-hydroxylation sites is 1. The van der Waals surface area contributed by atoms with Crippen molar-refractivity contribution in [2.45, 2.75) is 6.92 Å². The van der Waals surface area contributed by atoms with Gasteiger partial charge in [-0.25, -0.2) is 4.79 Å². The van der Waals surface area contributed by atoms with Crippen LogP contribution in [0, 0.1) is 0 Å². The van der Waals surface area contributed by atoms with Gasteiger partial charge in [0.2, 0.25) is 0 Å². The van der Waals surface area contributed by atoms with Crippen LogP contribution >= 0.6 is 11.6 Å². The van der Waals surface area contributed by atoms with Crippen molar-refractivity contribution < 1.29 is 14.3 Å². The molecule has 0 N–H and O–H groups in total. The molecular formula is C21H21ClN2O3. The number of piperazine rings is 1. The lowest BCUT2D eigenvalue weighted by Crippen LogP contribution is -2.48. The second-order valence-electron chi connectivity index (χ2n) is 6.45. The second kappa shape index (κ2) is 7.53. The van der Waals surface area contributed by atoms with E-state index in [1.165, 1.54) is 0 Å². The Balaban J connectivity index is 1.67. The van der Waals surface area contributed by atoms with Gasteiger partial charge in [0.25, 0.3) is 0 Å². The van der Waals surface area contributed by atoms with Crippen molar-refractivity contribution >= 4 is 29.5 Å². The first-order valence-electron chi connectivity index (χ1n) is 9.11. The number of benzene rings is 2. The maximum atomic E-state index is 12.0. The van der Waals surface area contributed by atoms with Gasteiger partial charge in [-0.1, -0.05) is 29.8 Å². The molecule has 0 saturated carbocycles. The number of ether oxygens (including phenoxy) is 2. The van der Waals surface area contributed by atoms with Crippen LogP contribution in [-0.2, 0) is 4.74 Å². The molecule has 0 bridgehead atoms. The first-order chi connectivity index (χ1) is 13.2. The second-order valence-corrected chi connectivity index (χ2v) is 6.86. The van der Waals surface area contributed by atoms with Crippen LogP contribution in [0.4, 0.5) is 4.79 Å². The summed E-state index contributed by atoms with van der Waals surface area (Å²) >= 11 is 6.45. The number of fused-ring (bicyclic) bond motifs is 2. The normalized spacial score (nSPS) is 15.9. The summed E-state index contributed by atoms with van der Waals surface area (Å²) in [5, 5.41) is 0.656. The Bertz CT molecular complexity index is 889. The molecule has 1 saturated heterocycles. The van der Waals surface area contributed by atoms with Crippen LogP contribution in [0.25, 0.3) is 11.8 Å². The average Bonchev–Trinajstić information content (AvgIpc) is 2.86. The van der Waals surface area contributed by atoms with Crippen LogP contribution in [0.5, 0.6) is 11.5 Å². The molecule has 2 heterocycles. The average molecular weight is 385 g/mol. The summed E-state index contributed by atoms with van der Waals surface area (Å²) in [6.45, 7) is 4.90. The van der Waals surface area contributed by atoms with E-state index in [1.54, 1.807) is 4.90 Å². The highest BCUT2D eigenvalue weighted by Gasteiger charge is 2.27. The molecule has 2 aliphatic rings. The van der Waals surface area contributed by atoms with Crippen LogP contribution in [0.3, 0.4) is 0 Å². The molecule has 0 aromatic heterocycles. The van der Waals surface area contributed by atoms with E-state index in [0.29, 0.717) is 24.7 Å². The molecule has 0 aliphatic carbocycles. The van der Waals surface area contributed by atoms with Gasteiger partial charge in [0, 0.05) is 43.0 Å². The van der Waals surface area contributed by atoms with Gasteiger partial charge in [-0.15, -0.1) is 0 Å². The Labute approximate surface area is 163 Å². The number of nitrogens with zero attached hydrogens (tertiary/aromatic N) is 2. The van der Waals surface area contributed by atoms with Crippen molar-refractivity contribution in [2.75, 3.05) is 32.8 Å². The lowest BCUT2D eigenvalue weighted by atomic mass is 10.1. The number of halogens is 1. The predicted octanol–water partition coefficient (Wildman–Crippen LogP) is 4.72. The van der Waals surface area contributed by atoms with Gasteiger partial charge in [-0.3, -0.25) is 0 Å². The first-order valence-corrected chi connectivity index (χ1v) is 9.49. The van der Waals surface area contributed by atoms with E-state index < -0.39 is 0 Å². The van der Waals surface area contributed by atoms with E-state index in [1.807, 2.05) is 43.3 Å². The van der Waals surface area contributed by atoms with Crippen molar-refractivity contribution in [1.29, 1.82) is 0 Å². The van der Waals surface area contributed by atoms with Gasteiger partial charge in [0.05, 0.1) is 11.6 Å². The molecule has 140 valence electrons. The molecular weight excluding hydrogens is 364 g/mol. The molecule has 0 atom stereocenters. The first kappa shape index (κ1) is 17.7. The summed E-state index contributed by atoms with van der Waals surface area (Å²) in [5.41, 5.74) is 2.95. The van der Waals surface area contributed by atoms with E-state index in [0.717, 1.165) is 41.4 Å². The summed E-state index contributed by atoms with van der Waals surface area (Å²) < 4.78 is 11.3. The van der Waals surface area contributed by atoms with E-state index >= 15 is 0 Å². The molecule has 4 rings (SSSR count). The monoisotopic (exact) mass is 384 g/mol. The Morgan fingerprint density at radius 2 is 1.81 bits per heavy atom. The molecule has 2 aromatic carbocycles. The smallest absolute Gasteiger partial charge is 0.409 e. The van der Waals surface area contributed by atoms with Crippen LogP contribution in [0.15, 0.2) is 42.5 Å².